The maximum absolute atomic E-state index is 13.0. The van der Waals surface area contributed by atoms with Gasteiger partial charge >= 0.3 is 0 Å². The fourth-order valence-electron chi connectivity index (χ4n) is 4.54. The number of amides is 1. The van der Waals surface area contributed by atoms with Gasteiger partial charge in [-0.25, -0.2) is 0 Å². The summed E-state index contributed by atoms with van der Waals surface area (Å²) in [7, 11) is 0. The van der Waals surface area contributed by atoms with E-state index < -0.39 is 0 Å². The molecule has 1 aromatic heterocycles. The molecule has 1 aliphatic carbocycles. The average Bonchev–Trinajstić information content (AvgIpc) is 3.65. The van der Waals surface area contributed by atoms with Gasteiger partial charge in [-0.3, -0.25) is 4.79 Å². The largest absolute Gasteiger partial charge is 0.368 e. The number of benzene rings is 1. The Morgan fingerprint density at radius 1 is 0.759 bits per heavy atom. The second kappa shape index (κ2) is 8.01. The van der Waals surface area contributed by atoms with Crippen molar-refractivity contribution in [3.63, 3.8) is 0 Å². The van der Waals surface area contributed by atoms with E-state index in [1.165, 1.54) is 18.5 Å². The van der Waals surface area contributed by atoms with Crippen LogP contribution in [0, 0.1) is 5.92 Å². The van der Waals surface area contributed by atoms with Crippen LogP contribution < -0.4 is 9.80 Å². The van der Waals surface area contributed by atoms with E-state index in [1.54, 1.807) is 0 Å². The lowest BCUT2D eigenvalue weighted by Gasteiger charge is -2.39. The molecule has 1 amide bonds. The van der Waals surface area contributed by atoms with E-state index in [-0.39, 0.29) is 5.92 Å². The van der Waals surface area contributed by atoms with Crippen LogP contribution in [0.1, 0.15) is 37.3 Å². The van der Waals surface area contributed by atoms with Gasteiger partial charge < -0.3 is 14.7 Å². The highest BCUT2D eigenvalue weighted by molar-refractivity contribution is 5.79. The smallest absolute Gasteiger partial charge is 0.225 e. The summed E-state index contributed by atoms with van der Waals surface area (Å²) in [6.07, 6.45) is 4.32. The first-order valence-electron chi connectivity index (χ1n) is 11.0. The zero-order chi connectivity index (χ0) is 19.6. The number of para-hydroxylation sites is 1. The van der Waals surface area contributed by atoms with Gasteiger partial charge in [0.25, 0.3) is 0 Å². The number of rotatable bonds is 4. The number of carbonyl (C=O) groups is 1. The summed E-state index contributed by atoms with van der Waals surface area (Å²) in [5.41, 5.74) is 2.38. The Balaban J connectivity index is 1.11. The van der Waals surface area contributed by atoms with E-state index in [4.69, 9.17) is 0 Å². The third-order valence-electron chi connectivity index (χ3n) is 6.55. The van der Waals surface area contributed by atoms with Crippen molar-refractivity contribution in [2.45, 2.75) is 31.6 Å². The van der Waals surface area contributed by atoms with Gasteiger partial charge in [-0.15, -0.1) is 5.10 Å². The lowest BCUT2D eigenvalue weighted by Crippen LogP contribution is -2.51. The number of hydrogen-bond acceptors (Lipinski definition) is 5. The van der Waals surface area contributed by atoms with E-state index in [0.717, 1.165) is 63.6 Å². The molecule has 0 radical (unpaired) electrons. The fraction of sp³-hybridized carbons (Fsp3) is 0.522. The Labute approximate surface area is 172 Å². The molecule has 0 N–H and O–H groups in total. The van der Waals surface area contributed by atoms with Crippen molar-refractivity contribution < 1.29 is 4.79 Å². The van der Waals surface area contributed by atoms with Crippen molar-refractivity contribution in [2.75, 3.05) is 49.1 Å². The zero-order valence-corrected chi connectivity index (χ0v) is 16.9. The molecule has 0 spiro atoms. The lowest BCUT2D eigenvalue weighted by molar-refractivity contribution is -0.136. The summed E-state index contributed by atoms with van der Waals surface area (Å²) in [4.78, 5) is 19.8. The number of piperidine rings is 1. The third-order valence-corrected chi connectivity index (χ3v) is 6.55. The zero-order valence-electron chi connectivity index (χ0n) is 16.9. The van der Waals surface area contributed by atoms with Crippen LogP contribution in [-0.2, 0) is 4.79 Å². The molecule has 1 saturated carbocycles. The number of anilines is 2. The maximum atomic E-state index is 13.0. The van der Waals surface area contributed by atoms with Gasteiger partial charge in [-0.2, -0.15) is 5.10 Å². The first-order chi connectivity index (χ1) is 14.3. The molecule has 3 fully saturated rings. The van der Waals surface area contributed by atoms with Gasteiger partial charge in [0, 0.05) is 56.8 Å². The number of piperazine rings is 1. The molecule has 1 aromatic carbocycles. The summed E-state index contributed by atoms with van der Waals surface area (Å²) >= 11 is 0. The van der Waals surface area contributed by atoms with Gasteiger partial charge in [0.15, 0.2) is 5.82 Å². The lowest BCUT2D eigenvalue weighted by atomic mass is 9.95. The van der Waals surface area contributed by atoms with Crippen LogP contribution in [0.2, 0.25) is 0 Å². The second-order valence-corrected chi connectivity index (χ2v) is 8.50. The van der Waals surface area contributed by atoms with Crippen LogP contribution in [0.3, 0.4) is 0 Å². The molecular weight excluding hydrogens is 362 g/mol. The van der Waals surface area contributed by atoms with Gasteiger partial charge in [0.2, 0.25) is 5.91 Å². The van der Waals surface area contributed by atoms with Crippen molar-refractivity contribution in [3.05, 3.63) is 48.2 Å². The highest BCUT2D eigenvalue weighted by Crippen LogP contribution is 2.38. The summed E-state index contributed by atoms with van der Waals surface area (Å²) in [6.45, 7) is 5.24. The molecule has 5 rings (SSSR count). The molecule has 0 unspecified atom stereocenters. The van der Waals surface area contributed by atoms with E-state index in [9.17, 15) is 4.79 Å². The number of carbonyl (C=O) groups excluding carboxylic acids is 1. The first-order valence-corrected chi connectivity index (χ1v) is 11.0. The SMILES string of the molecule is O=C(C1CCN(c2ccc(C3CC3)nn2)CC1)N1CCN(c2ccccc2)CC1. The Bertz CT molecular complexity index is 820. The summed E-state index contributed by atoms with van der Waals surface area (Å²) in [5.74, 6) is 2.08. The van der Waals surface area contributed by atoms with E-state index in [2.05, 4.69) is 61.3 Å². The number of hydrogen-bond donors (Lipinski definition) is 0. The topological polar surface area (TPSA) is 52.6 Å². The minimum atomic E-state index is 0.147. The molecule has 6 heteroatoms. The van der Waals surface area contributed by atoms with Crippen LogP contribution in [0.5, 0.6) is 0 Å². The van der Waals surface area contributed by atoms with Gasteiger partial charge in [0.05, 0.1) is 5.69 Å². The number of nitrogens with zero attached hydrogens (tertiary/aromatic N) is 5. The van der Waals surface area contributed by atoms with Crippen LogP contribution in [0.4, 0.5) is 11.5 Å². The Hall–Kier alpha value is -2.63. The predicted molar refractivity (Wildman–Crippen MR) is 114 cm³/mol. The fourth-order valence-corrected chi connectivity index (χ4v) is 4.54. The molecule has 3 heterocycles. The molecular formula is C23H29N5O. The molecule has 0 atom stereocenters. The minimum Gasteiger partial charge on any atom is -0.368 e. The molecule has 29 heavy (non-hydrogen) atoms. The van der Waals surface area contributed by atoms with Crippen LogP contribution in [-0.4, -0.2) is 60.3 Å². The minimum absolute atomic E-state index is 0.147. The molecule has 3 aliphatic rings. The normalized spacial score (nSPS) is 20.8. The maximum Gasteiger partial charge on any atom is 0.225 e. The van der Waals surface area contributed by atoms with Crippen molar-refractivity contribution in [1.29, 1.82) is 0 Å². The van der Waals surface area contributed by atoms with Gasteiger partial charge in [-0.05, 0) is 49.9 Å². The highest BCUT2D eigenvalue weighted by Gasteiger charge is 2.31. The summed E-state index contributed by atoms with van der Waals surface area (Å²) in [5, 5.41) is 8.84. The Kier molecular flexibility index (Phi) is 5.08. The average molecular weight is 392 g/mol. The highest BCUT2D eigenvalue weighted by atomic mass is 16.2. The van der Waals surface area contributed by atoms with Crippen molar-refractivity contribution >= 4 is 17.4 Å². The van der Waals surface area contributed by atoms with Crippen LogP contribution in [0.25, 0.3) is 0 Å². The van der Waals surface area contributed by atoms with Crippen LogP contribution >= 0.6 is 0 Å². The third kappa shape index (κ3) is 4.07. The van der Waals surface area contributed by atoms with Crippen molar-refractivity contribution in [2.24, 2.45) is 5.92 Å². The molecule has 152 valence electrons. The van der Waals surface area contributed by atoms with Gasteiger partial charge in [-0.1, -0.05) is 18.2 Å². The predicted octanol–water partition coefficient (Wildman–Crippen LogP) is 2.92. The van der Waals surface area contributed by atoms with E-state index >= 15 is 0 Å². The van der Waals surface area contributed by atoms with Crippen molar-refractivity contribution in [1.82, 2.24) is 15.1 Å². The summed E-state index contributed by atoms with van der Waals surface area (Å²) < 4.78 is 0. The van der Waals surface area contributed by atoms with Crippen molar-refractivity contribution in [3.8, 4) is 0 Å². The molecule has 0 bridgehead atoms. The molecule has 6 nitrogen and oxygen atoms in total. The second-order valence-electron chi connectivity index (χ2n) is 8.50. The Morgan fingerprint density at radius 2 is 1.48 bits per heavy atom. The van der Waals surface area contributed by atoms with Gasteiger partial charge in [0.1, 0.15) is 0 Å². The van der Waals surface area contributed by atoms with E-state index in [0.29, 0.717) is 11.8 Å². The Morgan fingerprint density at radius 3 is 2.10 bits per heavy atom. The van der Waals surface area contributed by atoms with E-state index in [1.807, 2.05) is 6.07 Å². The first kappa shape index (κ1) is 18.4. The quantitative estimate of drug-likeness (QED) is 0.802. The van der Waals surface area contributed by atoms with Crippen LogP contribution in [0.15, 0.2) is 42.5 Å². The molecule has 2 saturated heterocycles. The standard InChI is InChI=1S/C23H29N5O/c29-23(28-16-14-26(15-17-28)20-4-2-1-3-5-20)19-10-12-27(13-11-19)22-9-8-21(24-25-22)18-6-7-18/h1-5,8-9,18-19H,6-7,10-17H2. The summed E-state index contributed by atoms with van der Waals surface area (Å²) in [6, 6.07) is 14.7. The molecule has 2 aliphatic heterocycles. The monoisotopic (exact) mass is 391 g/mol. The number of aromatic nitrogens is 2. The molecule has 2 aromatic rings.